The van der Waals surface area contributed by atoms with Gasteiger partial charge in [-0.25, -0.2) is 0 Å². The van der Waals surface area contributed by atoms with Crippen LogP contribution in [0.4, 0.5) is 10.1 Å². The fraction of sp³-hybridized carbons (Fsp3) is 0.412. The first-order chi connectivity index (χ1) is 10.6. The van der Waals surface area contributed by atoms with Crippen molar-refractivity contribution in [2.24, 2.45) is 5.41 Å². The van der Waals surface area contributed by atoms with Gasteiger partial charge >= 0.3 is 147 Å². The number of halogens is 2. The predicted octanol–water partition coefficient (Wildman–Crippen LogP) is 2.18. The van der Waals surface area contributed by atoms with E-state index in [1.54, 1.807) is 12.1 Å². The predicted molar refractivity (Wildman–Crippen MR) is 95.8 cm³/mol. The summed E-state index contributed by atoms with van der Waals surface area (Å²) in [6.07, 6.45) is 0. The zero-order chi connectivity index (χ0) is 17.4. The van der Waals surface area contributed by atoms with Crippen molar-refractivity contribution < 1.29 is 4.39 Å². The minimum atomic E-state index is -0.813. The van der Waals surface area contributed by atoms with Gasteiger partial charge in [-0.3, -0.25) is 0 Å². The van der Waals surface area contributed by atoms with E-state index in [0.717, 1.165) is 5.56 Å². The van der Waals surface area contributed by atoms with Crippen molar-refractivity contribution in [2.75, 3.05) is 5.32 Å². The number of hydrogen-bond donors (Lipinski definition) is 1. The second kappa shape index (κ2) is 6.78. The van der Waals surface area contributed by atoms with E-state index in [2.05, 4.69) is 26.1 Å². The Morgan fingerprint density at radius 2 is 1.91 bits per heavy atom. The molecule has 0 radical (unpaired) electrons. The first-order valence-corrected chi connectivity index (χ1v) is 10.3. The number of anilines is 1. The fourth-order valence-corrected chi connectivity index (χ4v) is 4.77. The van der Waals surface area contributed by atoms with Gasteiger partial charge in [0.15, 0.2) is 0 Å². The maximum atomic E-state index is 13.2. The van der Waals surface area contributed by atoms with Crippen LogP contribution in [0.2, 0.25) is 5.02 Å². The summed E-state index contributed by atoms with van der Waals surface area (Å²) in [4.78, 5) is 23.7. The number of hydrogen-bond acceptors (Lipinski definition) is 3. The fourth-order valence-electron chi connectivity index (χ4n) is 1.97. The molecule has 0 aliphatic carbocycles. The molecular weight excluding hydrogens is 380 g/mol. The van der Waals surface area contributed by atoms with Crippen LogP contribution in [0.1, 0.15) is 33.3 Å². The maximum absolute atomic E-state index is 13.2. The summed E-state index contributed by atoms with van der Waals surface area (Å²) in [6.45, 7) is 8.23. The molecule has 0 amide bonds. The van der Waals surface area contributed by atoms with Crippen LogP contribution in [-0.4, -0.2) is 21.8 Å². The zero-order valence-corrected chi connectivity index (χ0v) is 16.4. The van der Waals surface area contributed by atoms with Crippen LogP contribution in [0.3, 0.4) is 0 Å². The summed E-state index contributed by atoms with van der Waals surface area (Å²) in [5.41, 5.74) is 0.560. The molecule has 2 atom stereocenters. The van der Waals surface area contributed by atoms with Gasteiger partial charge in [-0.05, 0) is 0 Å². The third kappa shape index (κ3) is 4.05. The summed E-state index contributed by atoms with van der Waals surface area (Å²) in [6, 6.07) is 4.65. The molecule has 1 N–H and O–H groups in total. The van der Waals surface area contributed by atoms with E-state index in [4.69, 9.17) is 11.6 Å². The molecule has 0 bridgehead atoms. The normalized spacial score (nSPS) is 13.8. The summed E-state index contributed by atoms with van der Waals surface area (Å²) in [7, 11) is 0. The van der Waals surface area contributed by atoms with Gasteiger partial charge in [0, 0.05) is 0 Å². The van der Waals surface area contributed by atoms with Crippen LogP contribution >= 0.6 is 11.6 Å². The molecule has 0 aliphatic rings. The van der Waals surface area contributed by atoms with Gasteiger partial charge in [-0.1, -0.05) is 0 Å². The van der Waals surface area contributed by atoms with Crippen LogP contribution in [0.25, 0.3) is 0 Å². The first-order valence-electron chi connectivity index (χ1n) is 7.39. The Hall–Kier alpha value is -1.12. The molecule has 0 spiro atoms. The van der Waals surface area contributed by atoms with Crippen LogP contribution in [0, 0.1) is 11.2 Å². The van der Waals surface area contributed by atoms with Crippen LogP contribution in [-0.2, 0) is 5.21 Å². The second-order valence-corrected chi connectivity index (χ2v) is 9.68. The number of benzene rings is 1. The van der Waals surface area contributed by atoms with Crippen LogP contribution in [0.5, 0.6) is 0 Å². The third-order valence-electron chi connectivity index (χ3n) is 4.02. The molecule has 0 heterocycles. The minimum absolute atomic E-state index is 0.0124. The number of rotatable bonds is 5. The second-order valence-electron chi connectivity index (χ2n) is 6.74. The Bertz CT molecular complexity index is 791. The molecule has 124 valence electrons. The van der Waals surface area contributed by atoms with E-state index in [0.29, 0.717) is 15.2 Å². The van der Waals surface area contributed by atoms with Crippen molar-refractivity contribution in [2.45, 2.75) is 38.9 Å². The third-order valence-corrected chi connectivity index (χ3v) is 7.28. The van der Waals surface area contributed by atoms with Gasteiger partial charge in [-0.2, -0.15) is 0 Å². The standard InChI is InChI=1S/C17H20AsClFNO2/c1-9(17(2,3)4)21-14-13(15(22)16(14)23)18-8-10-5-6-12(20)11(19)7-10/h5-7,9,18,21H,8H2,1-4H3. The topological polar surface area (TPSA) is 46.2 Å². The first kappa shape index (κ1) is 18.2. The van der Waals surface area contributed by atoms with E-state index in [1.165, 1.54) is 6.07 Å². The van der Waals surface area contributed by atoms with Gasteiger partial charge < -0.3 is 0 Å². The van der Waals surface area contributed by atoms with Crippen LogP contribution < -0.4 is 20.5 Å². The monoisotopic (exact) mass is 399 g/mol. The van der Waals surface area contributed by atoms with Crippen molar-refractivity contribution >= 4 is 37.4 Å². The Kier molecular flexibility index (Phi) is 5.37. The Morgan fingerprint density at radius 3 is 2.48 bits per heavy atom. The van der Waals surface area contributed by atoms with Gasteiger partial charge in [0.05, 0.1) is 0 Å². The molecule has 2 aromatic carbocycles. The van der Waals surface area contributed by atoms with E-state index in [-0.39, 0.29) is 21.9 Å². The molecule has 0 aliphatic heterocycles. The summed E-state index contributed by atoms with van der Waals surface area (Å²) in [5.74, 6) is -0.453. The zero-order valence-electron chi connectivity index (χ0n) is 13.6. The quantitative estimate of drug-likeness (QED) is 0.619. The molecule has 2 aromatic rings. The molecule has 2 unspecified atom stereocenters. The molecular formula is C17H20AsClFNO2. The molecule has 0 aromatic heterocycles. The summed E-state index contributed by atoms with van der Waals surface area (Å²) in [5, 5.41) is 3.94. The Morgan fingerprint density at radius 1 is 1.26 bits per heavy atom. The van der Waals surface area contributed by atoms with E-state index in [1.807, 2.05) is 6.92 Å². The van der Waals surface area contributed by atoms with Crippen molar-refractivity contribution in [3.63, 3.8) is 0 Å². The molecule has 0 saturated carbocycles. The van der Waals surface area contributed by atoms with E-state index < -0.39 is 27.0 Å². The number of nitrogens with one attached hydrogen (secondary N) is 1. The van der Waals surface area contributed by atoms with Gasteiger partial charge in [0.1, 0.15) is 0 Å². The molecule has 6 heteroatoms. The molecule has 0 fully saturated rings. The summed E-state index contributed by atoms with van der Waals surface area (Å²) >= 11 is 4.96. The van der Waals surface area contributed by atoms with Crippen molar-refractivity contribution in [3.8, 4) is 0 Å². The average Bonchev–Trinajstić information content (AvgIpc) is 2.48. The molecule has 0 saturated heterocycles. The van der Waals surface area contributed by atoms with Crippen LogP contribution in [0.15, 0.2) is 27.8 Å². The Labute approximate surface area is 146 Å². The summed E-state index contributed by atoms with van der Waals surface area (Å²) < 4.78 is 13.8. The van der Waals surface area contributed by atoms with Gasteiger partial charge in [0.2, 0.25) is 0 Å². The molecule has 2 rings (SSSR count). The van der Waals surface area contributed by atoms with Gasteiger partial charge in [-0.15, -0.1) is 0 Å². The van der Waals surface area contributed by atoms with Gasteiger partial charge in [0.25, 0.3) is 0 Å². The van der Waals surface area contributed by atoms with Crippen molar-refractivity contribution in [3.05, 3.63) is 55.0 Å². The molecule has 23 heavy (non-hydrogen) atoms. The average molecular weight is 400 g/mol. The van der Waals surface area contributed by atoms with Crippen molar-refractivity contribution in [1.29, 1.82) is 0 Å². The molecule has 3 nitrogen and oxygen atoms in total. The Balaban J connectivity index is 2.12. The van der Waals surface area contributed by atoms with E-state index in [9.17, 15) is 14.0 Å². The SMILES string of the molecule is CC(Nc1c([AsH]Cc2ccc(F)c(Cl)c2)c(=O)c1=O)C(C)(C)C. The van der Waals surface area contributed by atoms with E-state index >= 15 is 0 Å². The van der Waals surface area contributed by atoms with Crippen molar-refractivity contribution in [1.82, 2.24) is 0 Å².